The van der Waals surface area contributed by atoms with Crippen molar-refractivity contribution in [1.82, 2.24) is 0 Å². The minimum atomic E-state index is -3.03. The summed E-state index contributed by atoms with van der Waals surface area (Å²) >= 11 is 0. The third-order valence-electron chi connectivity index (χ3n) is 8.45. The first-order chi connectivity index (χ1) is 20.2. The molecule has 1 nitrogen and oxygen atoms in total. The molecular formula is C39H27OP. The summed E-state index contributed by atoms with van der Waals surface area (Å²) < 4.78 is 15.1. The van der Waals surface area contributed by atoms with Gasteiger partial charge >= 0.3 is 0 Å². The Labute approximate surface area is 240 Å². The van der Waals surface area contributed by atoms with E-state index >= 15 is 4.57 Å². The predicted molar refractivity (Wildman–Crippen MR) is 174 cm³/mol. The van der Waals surface area contributed by atoms with E-state index < -0.39 is 7.14 Å². The normalized spacial score (nSPS) is 17.0. The monoisotopic (exact) mass is 542 g/mol. The standard InChI is InChI=1S/C39H27OP/c40-41(30-15-5-2-6-16-30,37-21-11-14-29-26-36(29)37)31-24-22-28(23-25-31)39-34-19-9-7-17-32(34)38(27-12-3-1-4-13-27)33-18-8-10-20-35(33)39/h1-26,29H/t29-,41?/m1/s1. The molecular weight excluding hydrogens is 515 g/mol. The SMILES string of the molecule is O=P(C1=CC=C[C@@H]2C=C12)(c1ccccc1)c1ccc(-c2c3ccccc3c(-c3ccccc3)c3ccccc23)cc1. The van der Waals surface area contributed by atoms with Gasteiger partial charge in [-0.3, -0.25) is 0 Å². The number of rotatable bonds is 5. The summed E-state index contributed by atoms with van der Waals surface area (Å²) in [4.78, 5) is 0. The molecule has 8 rings (SSSR count). The van der Waals surface area contributed by atoms with Gasteiger partial charge in [0.05, 0.1) is 0 Å². The molecule has 0 heterocycles. The number of hydrogen-bond acceptors (Lipinski definition) is 1. The average Bonchev–Trinajstić information content (AvgIpc) is 3.84. The van der Waals surface area contributed by atoms with E-state index in [9.17, 15) is 0 Å². The fourth-order valence-corrected chi connectivity index (χ4v) is 9.37. The number of hydrogen-bond donors (Lipinski definition) is 0. The lowest BCUT2D eigenvalue weighted by atomic mass is 9.86. The van der Waals surface area contributed by atoms with Crippen molar-refractivity contribution < 1.29 is 4.57 Å². The lowest BCUT2D eigenvalue weighted by Gasteiger charge is -2.23. The first-order valence-corrected chi connectivity index (χ1v) is 15.8. The van der Waals surface area contributed by atoms with Gasteiger partial charge in [-0.25, -0.2) is 0 Å². The van der Waals surface area contributed by atoms with Crippen LogP contribution in [0.3, 0.4) is 0 Å². The highest BCUT2D eigenvalue weighted by Gasteiger charge is 2.40. The Bertz CT molecular complexity index is 2040. The molecule has 1 unspecified atom stereocenters. The molecule has 0 radical (unpaired) electrons. The summed E-state index contributed by atoms with van der Waals surface area (Å²) in [5.41, 5.74) is 6.02. The van der Waals surface area contributed by atoms with E-state index in [2.05, 4.69) is 127 Å². The molecule has 0 bridgehead atoms. The van der Waals surface area contributed by atoms with Crippen molar-refractivity contribution in [1.29, 1.82) is 0 Å². The highest BCUT2D eigenvalue weighted by molar-refractivity contribution is 7.82. The quantitative estimate of drug-likeness (QED) is 0.157. The molecule has 2 aliphatic rings. The largest absolute Gasteiger partial charge is 0.309 e. The van der Waals surface area contributed by atoms with Gasteiger partial charge in [0.25, 0.3) is 0 Å². The molecule has 2 aliphatic carbocycles. The average molecular weight is 543 g/mol. The zero-order chi connectivity index (χ0) is 27.4. The Morgan fingerprint density at radius 3 is 1.51 bits per heavy atom. The van der Waals surface area contributed by atoms with Gasteiger partial charge in [0.1, 0.15) is 0 Å². The number of fused-ring (bicyclic) bond motifs is 3. The summed E-state index contributed by atoms with van der Waals surface area (Å²) in [5.74, 6) is 0.326. The summed E-state index contributed by atoms with van der Waals surface area (Å²) in [5, 5.41) is 7.62. The lowest BCUT2D eigenvalue weighted by Crippen LogP contribution is -2.18. The van der Waals surface area contributed by atoms with Crippen LogP contribution in [0, 0.1) is 5.92 Å². The molecule has 0 spiro atoms. The Balaban J connectivity index is 1.34. The van der Waals surface area contributed by atoms with Gasteiger partial charge in [-0.2, -0.15) is 0 Å². The topological polar surface area (TPSA) is 17.1 Å². The number of benzene rings is 6. The Morgan fingerprint density at radius 2 is 0.951 bits per heavy atom. The van der Waals surface area contributed by atoms with Gasteiger partial charge in [0.15, 0.2) is 7.14 Å². The highest BCUT2D eigenvalue weighted by atomic mass is 31.2. The van der Waals surface area contributed by atoms with Crippen LogP contribution in [0.2, 0.25) is 0 Å². The smallest absolute Gasteiger partial charge is 0.171 e. The second-order valence-corrected chi connectivity index (χ2v) is 13.5. The molecule has 0 saturated heterocycles. The van der Waals surface area contributed by atoms with Crippen LogP contribution in [0.1, 0.15) is 0 Å². The fraction of sp³-hybridized carbons (Fsp3) is 0.0256. The molecule has 0 N–H and O–H groups in total. The van der Waals surface area contributed by atoms with Gasteiger partial charge in [-0.15, -0.1) is 0 Å². The maximum atomic E-state index is 15.1. The van der Waals surface area contributed by atoms with Crippen molar-refractivity contribution in [3.8, 4) is 22.3 Å². The molecule has 2 heteroatoms. The van der Waals surface area contributed by atoms with Crippen LogP contribution in [0.15, 0.2) is 169 Å². The number of allylic oxidation sites excluding steroid dienone is 6. The van der Waals surface area contributed by atoms with Gasteiger partial charge in [0, 0.05) is 21.8 Å². The van der Waals surface area contributed by atoms with Crippen LogP contribution in [0.25, 0.3) is 43.8 Å². The minimum absolute atomic E-state index is 0.326. The summed E-state index contributed by atoms with van der Waals surface area (Å²) in [6.07, 6.45) is 8.50. The molecule has 0 aromatic heterocycles. The molecule has 0 saturated carbocycles. The van der Waals surface area contributed by atoms with E-state index in [0.717, 1.165) is 21.5 Å². The molecule has 2 atom stereocenters. The zero-order valence-corrected chi connectivity index (χ0v) is 23.3. The summed E-state index contributed by atoms with van der Waals surface area (Å²) in [6.45, 7) is 0. The van der Waals surface area contributed by atoms with Gasteiger partial charge in [-0.1, -0.05) is 158 Å². The van der Waals surface area contributed by atoms with E-state index in [4.69, 9.17) is 0 Å². The van der Waals surface area contributed by atoms with Crippen LogP contribution in [-0.4, -0.2) is 0 Å². The summed E-state index contributed by atoms with van der Waals surface area (Å²) in [6, 6.07) is 46.6. The molecule has 194 valence electrons. The lowest BCUT2D eigenvalue weighted by molar-refractivity contribution is 0.591. The molecule has 0 aliphatic heterocycles. The van der Waals surface area contributed by atoms with Crippen LogP contribution in [-0.2, 0) is 4.57 Å². The van der Waals surface area contributed by atoms with Crippen LogP contribution in [0.5, 0.6) is 0 Å². The van der Waals surface area contributed by atoms with Crippen molar-refractivity contribution in [2.45, 2.75) is 0 Å². The Morgan fingerprint density at radius 1 is 0.488 bits per heavy atom. The van der Waals surface area contributed by atoms with E-state index in [1.54, 1.807) is 0 Å². The molecule has 41 heavy (non-hydrogen) atoms. The van der Waals surface area contributed by atoms with E-state index in [1.165, 1.54) is 43.8 Å². The first kappa shape index (κ1) is 24.1. The molecule has 0 fully saturated rings. The predicted octanol–water partition coefficient (Wildman–Crippen LogP) is 9.65. The van der Waals surface area contributed by atoms with Gasteiger partial charge in [0.2, 0.25) is 0 Å². The third-order valence-corrected chi connectivity index (χ3v) is 11.6. The van der Waals surface area contributed by atoms with Crippen LogP contribution in [0.4, 0.5) is 0 Å². The first-order valence-electron chi connectivity index (χ1n) is 14.1. The van der Waals surface area contributed by atoms with E-state index in [-0.39, 0.29) is 0 Å². The second-order valence-electron chi connectivity index (χ2n) is 10.8. The van der Waals surface area contributed by atoms with Crippen molar-refractivity contribution >= 4 is 39.3 Å². The molecule has 6 aromatic carbocycles. The van der Waals surface area contributed by atoms with E-state index in [0.29, 0.717) is 5.92 Å². The van der Waals surface area contributed by atoms with Gasteiger partial charge < -0.3 is 4.57 Å². The third kappa shape index (κ3) is 3.81. The second kappa shape index (κ2) is 9.44. The van der Waals surface area contributed by atoms with Crippen LogP contribution < -0.4 is 10.6 Å². The van der Waals surface area contributed by atoms with Crippen molar-refractivity contribution in [3.05, 3.63) is 169 Å². The van der Waals surface area contributed by atoms with Crippen molar-refractivity contribution in [2.75, 3.05) is 0 Å². The van der Waals surface area contributed by atoms with E-state index in [1.807, 2.05) is 30.3 Å². The van der Waals surface area contributed by atoms with Crippen molar-refractivity contribution in [2.24, 2.45) is 5.92 Å². The van der Waals surface area contributed by atoms with Crippen LogP contribution >= 0.6 is 7.14 Å². The maximum absolute atomic E-state index is 15.1. The van der Waals surface area contributed by atoms with Gasteiger partial charge in [-0.05, 0) is 49.4 Å². The zero-order valence-electron chi connectivity index (χ0n) is 22.4. The molecule has 0 amide bonds. The maximum Gasteiger partial charge on any atom is 0.171 e. The highest BCUT2D eigenvalue weighted by Crippen LogP contribution is 2.61. The fourth-order valence-electron chi connectivity index (χ4n) is 6.47. The Kier molecular flexibility index (Phi) is 5.55. The molecule has 6 aromatic rings. The van der Waals surface area contributed by atoms with Crippen molar-refractivity contribution in [3.63, 3.8) is 0 Å². The summed E-state index contributed by atoms with van der Waals surface area (Å²) in [7, 11) is -3.03. The Hall–Kier alpha value is -4.71. The minimum Gasteiger partial charge on any atom is -0.309 e.